The number of hydrogen-bond acceptors (Lipinski definition) is 18. The number of aliphatic hydroxyl groups excluding tert-OH is 11. The SMILES string of the molecule is CC/C=C\C/C=C\C/C=C\C/C=C\C/C=C\CCCCCCCCCCCCCC(=O)NC(COC1OC(CO)C(OC2OC(CO)C(OC3OC(CO)C(O)C(O)C3O)C(O)C2O)C(O)C1O)C(O)CCCCCCCCCCCC. The van der Waals surface area contributed by atoms with Crippen molar-refractivity contribution in [2.45, 2.75) is 304 Å². The van der Waals surface area contributed by atoms with Crippen molar-refractivity contribution in [1.29, 1.82) is 0 Å². The molecule has 3 heterocycles. The molecule has 17 unspecified atom stereocenters. The molecule has 0 aromatic heterocycles. The quantitative estimate of drug-likeness (QED) is 0.0231. The number of ether oxygens (including phenoxy) is 6. The van der Waals surface area contributed by atoms with Crippen LogP contribution >= 0.6 is 0 Å². The van der Waals surface area contributed by atoms with Crippen molar-refractivity contribution < 1.29 is 89.4 Å². The maximum Gasteiger partial charge on any atom is 0.220 e. The molecule has 0 bridgehead atoms. The van der Waals surface area contributed by atoms with E-state index in [9.17, 15) is 61.0 Å². The maximum absolute atomic E-state index is 13.3. The Bertz CT molecular complexity index is 1730. The summed E-state index contributed by atoms with van der Waals surface area (Å²) >= 11 is 0. The third kappa shape index (κ3) is 28.8. The second kappa shape index (κ2) is 45.8. The number of nitrogens with one attached hydrogen (secondary N) is 1. The molecule has 12 N–H and O–H groups in total. The number of carbonyl (C=O) groups excluding carboxylic acids is 1. The summed E-state index contributed by atoms with van der Waals surface area (Å²) < 4.78 is 34.3. The summed E-state index contributed by atoms with van der Waals surface area (Å²) in [7, 11) is 0. The van der Waals surface area contributed by atoms with Crippen molar-refractivity contribution in [3.63, 3.8) is 0 Å². The summed E-state index contributed by atoms with van der Waals surface area (Å²) in [6, 6.07) is -0.889. The highest BCUT2D eigenvalue weighted by molar-refractivity contribution is 5.76. The van der Waals surface area contributed by atoms with E-state index >= 15 is 0 Å². The van der Waals surface area contributed by atoms with E-state index in [0.29, 0.717) is 12.8 Å². The molecule has 476 valence electrons. The van der Waals surface area contributed by atoms with Crippen LogP contribution in [0.2, 0.25) is 0 Å². The zero-order valence-electron chi connectivity index (χ0n) is 49.7. The Morgan fingerprint density at radius 1 is 0.451 bits per heavy atom. The smallest absolute Gasteiger partial charge is 0.220 e. The lowest BCUT2D eigenvalue weighted by Gasteiger charge is -2.48. The van der Waals surface area contributed by atoms with Gasteiger partial charge in [-0.2, -0.15) is 0 Å². The van der Waals surface area contributed by atoms with E-state index in [4.69, 9.17) is 28.4 Å². The van der Waals surface area contributed by atoms with E-state index < -0.39 is 124 Å². The molecule has 3 fully saturated rings. The van der Waals surface area contributed by atoms with Gasteiger partial charge in [0.05, 0.1) is 38.6 Å². The number of aliphatic hydroxyl groups is 11. The summed E-state index contributed by atoms with van der Waals surface area (Å²) in [4.78, 5) is 13.3. The second-order valence-corrected chi connectivity index (χ2v) is 22.5. The Kier molecular flexibility index (Phi) is 41.2. The lowest BCUT2D eigenvalue weighted by atomic mass is 9.96. The Labute approximate surface area is 490 Å². The lowest BCUT2D eigenvalue weighted by molar-refractivity contribution is -0.379. The first-order valence-electron chi connectivity index (χ1n) is 31.5. The number of unbranched alkanes of at least 4 members (excludes halogenated alkanes) is 20. The molecule has 1 amide bonds. The third-order valence-electron chi connectivity index (χ3n) is 15.6. The average Bonchev–Trinajstić information content (AvgIpc) is 3.64. The number of hydrogen-bond donors (Lipinski definition) is 12. The molecule has 3 aliphatic heterocycles. The summed E-state index contributed by atoms with van der Waals surface area (Å²) in [5.74, 6) is -0.251. The number of allylic oxidation sites excluding steroid dienone is 10. The Morgan fingerprint density at radius 3 is 1.32 bits per heavy atom. The van der Waals surface area contributed by atoms with E-state index in [1.807, 2.05) is 0 Å². The van der Waals surface area contributed by atoms with Gasteiger partial charge in [-0.25, -0.2) is 0 Å². The normalized spacial score (nSPS) is 30.0. The van der Waals surface area contributed by atoms with Gasteiger partial charge in [0.1, 0.15) is 73.2 Å². The minimum Gasteiger partial charge on any atom is -0.394 e. The van der Waals surface area contributed by atoms with E-state index in [1.54, 1.807) is 0 Å². The Hall–Kier alpha value is -2.51. The van der Waals surface area contributed by atoms with Gasteiger partial charge in [-0.1, -0.05) is 197 Å². The van der Waals surface area contributed by atoms with Gasteiger partial charge in [0, 0.05) is 6.42 Å². The van der Waals surface area contributed by atoms with E-state index in [-0.39, 0.29) is 18.9 Å². The van der Waals surface area contributed by atoms with Gasteiger partial charge in [-0.05, 0) is 57.8 Å². The summed E-state index contributed by atoms with van der Waals surface area (Å²) in [5, 5.41) is 120. The first-order valence-corrected chi connectivity index (χ1v) is 31.5. The van der Waals surface area contributed by atoms with Crippen molar-refractivity contribution in [2.24, 2.45) is 0 Å². The third-order valence-corrected chi connectivity index (χ3v) is 15.6. The Morgan fingerprint density at radius 2 is 0.841 bits per heavy atom. The molecule has 3 saturated heterocycles. The maximum atomic E-state index is 13.3. The van der Waals surface area contributed by atoms with Gasteiger partial charge in [-0.15, -0.1) is 0 Å². The summed E-state index contributed by atoms with van der Waals surface area (Å²) in [6.07, 6.45) is 26.0. The van der Waals surface area contributed by atoms with Crippen molar-refractivity contribution in [3.05, 3.63) is 60.8 Å². The van der Waals surface area contributed by atoms with Gasteiger partial charge in [-0.3, -0.25) is 4.79 Å². The van der Waals surface area contributed by atoms with Crippen molar-refractivity contribution in [3.8, 4) is 0 Å². The van der Waals surface area contributed by atoms with Crippen LogP contribution in [0.3, 0.4) is 0 Å². The van der Waals surface area contributed by atoms with Crippen LogP contribution in [0, 0.1) is 0 Å². The molecule has 0 aromatic carbocycles. The molecule has 82 heavy (non-hydrogen) atoms. The molecule has 3 rings (SSSR count). The molecular formula is C63H111NO18. The molecule has 0 spiro atoms. The van der Waals surface area contributed by atoms with Gasteiger partial charge in [0.15, 0.2) is 18.9 Å². The monoisotopic (exact) mass is 1170 g/mol. The van der Waals surface area contributed by atoms with Crippen molar-refractivity contribution in [1.82, 2.24) is 5.32 Å². The largest absolute Gasteiger partial charge is 0.394 e. The average molecular weight is 1170 g/mol. The zero-order chi connectivity index (χ0) is 59.7. The topological polar surface area (TPSA) is 307 Å². The summed E-state index contributed by atoms with van der Waals surface area (Å²) in [6.45, 7) is 1.64. The number of carbonyl (C=O) groups is 1. The Balaban J connectivity index is 1.41. The molecule has 19 nitrogen and oxygen atoms in total. The first kappa shape index (κ1) is 73.7. The van der Waals surface area contributed by atoms with Gasteiger partial charge in [0.2, 0.25) is 5.91 Å². The minimum atomic E-state index is -1.97. The molecule has 0 aliphatic carbocycles. The molecular weight excluding hydrogens is 1060 g/mol. The van der Waals surface area contributed by atoms with Crippen molar-refractivity contribution >= 4 is 5.91 Å². The van der Waals surface area contributed by atoms with Gasteiger partial charge in [0.25, 0.3) is 0 Å². The van der Waals surface area contributed by atoms with E-state index in [1.165, 1.54) is 83.5 Å². The molecule has 0 radical (unpaired) electrons. The van der Waals surface area contributed by atoms with Crippen LogP contribution < -0.4 is 5.32 Å². The highest BCUT2D eigenvalue weighted by atomic mass is 16.8. The zero-order valence-corrected chi connectivity index (χ0v) is 49.7. The molecule has 3 aliphatic rings. The fourth-order valence-corrected chi connectivity index (χ4v) is 10.5. The second-order valence-electron chi connectivity index (χ2n) is 22.5. The minimum absolute atomic E-state index is 0.251. The van der Waals surface area contributed by atoms with Gasteiger partial charge < -0.3 is 89.9 Å². The van der Waals surface area contributed by atoms with Crippen LogP contribution in [0.5, 0.6) is 0 Å². The van der Waals surface area contributed by atoms with Crippen LogP contribution in [-0.2, 0) is 33.2 Å². The van der Waals surface area contributed by atoms with Crippen LogP contribution in [0.25, 0.3) is 0 Å². The van der Waals surface area contributed by atoms with Crippen LogP contribution in [0.4, 0.5) is 0 Å². The standard InChI is InChI=1S/C63H111NO18/c1-3-5-7-9-11-13-15-16-17-18-19-20-21-22-23-24-25-26-27-28-29-30-31-33-35-37-39-41-51(69)64-46(47(68)40-38-36-34-32-14-12-10-8-6-4-2)45-77-61-57(75)54(72)59(49(43-66)79-61)82-63-58(76)55(73)60(50(44-67)80-63)81-62-56(74)53(71)52(70)48(42-65)78-62/h5,7,11,13,16-17,19-20,22-23,46-50,52-63,65-68,70-76H,3-4,6,8-10,12,14-15,18,21,24-45H2,1-2H3,(H,64,69)/b7-5-,13-11-,17-16-,20-19-,23-22-. The predicted octanol–water partition coefficient (Wildman–Crippen LogP) is 6.43. The predicted molar refractivity (Wildman–Crippen MR) is 314 cm³/mol. The van der Waals surface area contributed by atoms with Crippen LogP contribution in [0.15, 0.2) is 60.8 Å². The fourth-order valence-electron chi connectivity index (χ4n) is 10.5. The lowest BCUT2D eigenvalue weighted by Crippen LogP contribution is -2.66. The number of amides is 1. The highest BCUT2D eigenvalue weighted by Crippen LogP contribution is 2.33. The van der Waals surface area contributed by atoms with Crippen LogP contribution in [-0.4, -0.2) is 193 Å². The van der Waals surface area contributed by atoms with Gasteiger partial charge >= 0.3 is 0 Å². The summed E-state index contributed by atoms with van der Waals surface area (Å²) in [5.41, 5.74) is 0. The highest BCUT2D eigenvalue weighted by Gasteiger charge is 2.53. The molecule has 0 aromatic rings. The van der Waals surface area contributed by atoms with Crippen molar-refractivity contribution in [2.75, 3.05) is 26.4 Å². The molecule has 0 saturated carbocycles. The first-order chi connectivity index (χ1) is 39.8. The number of rotatable bonds is 46. The molecule has 17 atom stereocenters. The van der Waals surface area contributed by atoms with E-state index in [0.717, 1.165) is 83.5 Å². The molecule has 19 heteroatoms. The van der Waals surface area contributed by atoms with Crippen LogP contribution in [0.1, 0.15) is 200 Å². The fraction of sp³-hybridized carbons (Fsp3) is 0.825. The van der Waals surface area contributed by atoms with E-state index in [2.05, 4.69) is 79.9 Å².